The van der Waals surface area contributed by atoms with Crippen LogP contribution in [0, 0.1) is 6.92 Å². The predicted molar refractivity (Wildman–Crippen MR) is 77.6 cm³/mol. The quantitative estimate of drug-likeness (QED) is 0.922. The molecule has 2 N–H and O–H groups in total. The van der Waals surface area contributed by atoms with E-state index in [1.165, 1.54) is 6.33 Å². The van der Waals surface area contributed by atoms with Gasteiger partial charge in [-0.3, -0.25) is 0 Å². The molecule has 2 aromatic rings. The van der Waals surface area contributed by atoms with Gasteiger partial charge in [0.2, 0.25) is 0 Å². The molecule has 0 radical (unpaired) electrons. The maximum Gasteiger partial charge on any atom is 0.153 e. The lowest BCUT2D eigenvalue weighted by Gasteiger charge is -2.25. The van der Waals surface area contributed by atoms with Gasteiger partial charge in [0.15, 0.2) is 5.82 Å². The molecule has 0 aromatic carbocycles. The molecular weight excluding hydrogens is 282 g/mol. The van der Waals surface area contributed by atoms with E-state index in [0.29, 0.717) is 16.7 Å². The molecule has 1 aliphatic rings. The highest BCUT2D eigenvalue weighted by atomic mass is 35.5. The van der Waals surface area contributed by atoms with Crippen LogP contribution in [0.5, 0.6) is 0 Å². The smallest absolute Gasteiger partial charge is 0.153 e. The number of aryl methyl sites for hydroxylation is 1. The summed E-state index contributed by atoms with van der Waals surface area (Å²) >= 11 is 7.89. The lowest BCUT2D eigenvalue weighted by atomic mass is 10.1. The van der Waals surface area contributed by atoms with Crippen molar-refractivity contribution in [3.63, 3.8) is 0 Å². The summed E-state index contributed by atoms with van der Waals surface area (Å²) in [6, 6.07) is 0.233. The molecular formula is C12H14ClN5S. The normalized spacial score (nSPS) is 19.1. The summed E-state index contributed by atoms with van der Waals surface area (Å²) in [4.78, 5) is 14.9. The highest BCUT2D eigenvalue weighted by Crippen LogP contribution is 2.39. The summed E-state index contributed by atoms with van der Waals surface area (Å²) < 4.78 is 0. The van der Waals surface area contributed by atoms with Gasteiger partial charge < -0.3 is 10.6 Å². The topological polar surface area (TPSA) is 67.9 Å². The van der Waals surface area contributed by atoms with E-state index in [0.717, 1.165) is 30.1 Å². The van der Waals surface area contributed by atoms with Crippen LogP contribution in [0.1, 0.15) is 29.6 Å². The van der Waals surface area contributed by atoms with Crippen molar-refractivity contribution in [2.75, 3.05) is 17.2 Å². The van der Waals surface area contributed by atoms with Crippen molar-refractivity contribution < 1.29 is 0 Å². The van der Waals surface area contributed by atoms with E-state index in [1.54, 1.807) is 11.3 Å². The first kappa shape index (κ1) is 12.6. The standard InChI is InChI=1S/C12H14ClN5S/c1-7-17-8(5-19-7)9-3-2-4-18(9)12-10(13)11(14)15-6-16-12/h5-6,9H,2-4H2,1H3,(H2,14,15,16)/t9-/m1/s1. The van der Waals surface area contributed by atoms with Gasteiger partial charge in [0, 0.05) is 11.9 Å². The van der Waals surface area contributed by atoms with Gasteiger partial charge >= 0.3 is 0 Å². The number of halogens is 1. The first-order chi connectivity index (χ1) is 9.16. The van der Waals surface area contributed by atoms with E-state index in [9.17, 15) is 0 Å². The molecule has 0 amide bonds. The second-order valence-electron chi connectivity index (χ2n) is 4.54. The van der Waals surface area contributed by atoms with Crippen molar-refractivity contribution in [2.45, 2.75) is 25.8 Å². The summed E-state index contributed by atoms with van der Waals surface area (Å²) in [5.74, 6) is 1.04. The van der Waals surface area contributed by atoms with Crippen molar-refractivity contribution in [2.24, 2.45) is 0 Å². The molecule has 0 saturated carbocycles. The van der Waals surface area contributed by atoms with Gasteiger partial charge in [-0.1, -0.05) is 11.6 Å². The summed E-state index contributed by atoms with van der Waals surface area (Å²) in [5.41, 5.74) is 6.84. The second kappa shape index (κ2) is 4.94. The minimum atomic E-state index is 0.233. The van der Waals surface area contributed by atoms with Gasteiger partial charge in [0.25, 0.3) is 0 Å². The van der Waals surface area contributed by atoms with Crippen molar-refractivity contribution in [1.82, 2.24) is 15.0 Å². The van der Waals surface area contributed by atoms with Gasteiger partial charge in [-0.2, -0.15) is 0 Å². The van der Waals surface area contributed by atoms with Crippen LogP contribution in [0.3, 0.4) is 0 Å². The summed E-state index contributed by atoms with van der Waals surface area (Å²) in [6.07, 6.45) is 3.61. The van der Waals surface area contributed by atoms with E-state index >= 15 is 0 Å². The van der Waals surface area contributed by atoms with E-state index in [1.807, 2.05) is 6.92 Å². The average molecular weight is 296 g/mol. The first-order valence-electron chi connectivity index (χ1n) is 6.11. The molecule has 3 heterocycles. The summed E-state index contributed by atoms with van der Waals surface area (Å²) in [5, 5.41) is 3.62. The molecule has 1 aliphatic heterocycles. The lowest BCUT2D eigenvalue weighted by molar-refractivity contribution is 0.690. The Bertz CT molecular complexity index is 600. The number of nitrogen functional groups attached to an aromatic ring is 1. The van der Waals surface area contributed by atoms with E-state index in [-0.39, 0.29) is 6.04 Å². The third kappa shape index (κ3) is 2.26. The molecule has 0 spiro atoms. The fraction of sp³-hybridized carbons (Fsp3) is 0.417. The number of rotatable bonds is 2. The third-order valence-corrected chi connectivity index (χ3v) is 4.46. The largest absolute Gasteiger partial charge is 0.382 e. The predicted octanol–water partition coefficient (Wildman–Crippen LogP) is 2.82. The second-order valence-corrected chi connectivity index (χ2v) is 5.98. The van der Waals surface area contributed by atoms with Crippen molar-refractivity contribution in [1.29, 1.82) is 0 Å². The van der Waals surface area contributed by atoms with Crippen LogP contribution < -0.4 is 10.6 Å². The van der Waals surface area contributed by atoms with Crippen LogP contribution in [0.4, 0.5) is 11.6 Å². The van der Waals surface area contributed by atoms with Crippen LogP contribution in [-0.4, -0.2) is 21.5 Å². The Morgan fingerprint density at radius 2 is 2.32 bits per heavy atom. The van der Waals surface area contributed by atoms with Gasteiger partial charge in [-0.05, 0) is 19.8 Å². The molecule has 1 fully saturated rings. The molecule has 0 aliphatic carbocycles. The Kier molecular flexibility index (Phi) is 3.28. The maximum absolute atomic E-state index is 6.22. The number of nitrogens with two attached hydrogens (primary N) is 1. The van der Waals surface area contributed by atoms with Crippen LogP contribution >= 0.6 is 22.9 Å². The molecule has 0 unspecified atom stereocenters. The molecule has 1 atom stereocenters. The zero-order valence-electron chi connectivity index (χ0n) is 10.5. The van der Waals surface area contributed by atoms with Gasteiger partial charge in [0.1, 0.15) is 17.2 Å². The molecule has 7 heteroatoms. The van der Waals surface area contributed by atoms with E-state index < -0.39 is 0 Å². The Morgan fingerprint density at radius 1 is 1.47 bits per heavy atom. The monoisotopic (exact) mass is 295 g/mol. The molecule has 19 heavy (non-hydrogen) atoms. The summed E-state index contributed by atoms with van der Waals surface area (Å²) in [7, 11) is 0. The molecule has 3 rings (SSSR count). The summed E-state index contributed by atoms with van der Waals surface area (Å²) in [6.45, 7) is 2.93. The molecule has 2 aromatic heterocycles. The third-order valence-electron chi connectivity index (χ3n) is 3.30. The van der Waals surface area contributed by atoms with E-state index in [4.69, 9.17) is 17.3 Å². The number of aromatic nitrogens is 3. The molecule has 5 nitrogen and oxygen atoms in total. The fourth-order valence-electron chi connectivity index (χ4n) is 2.43. The zero-order valence-corrected chi connectivity index (χ0v) is 12.1. The van der Waals surface area contributed by atoms with Crippen LogP contribution in [0.15, 0.2) is 11.7 Å². The first-order valence-corrected chi connectivity index (χ1v) is 7.37. The number of hydrogen-bond donors (Lipinski definition) is 1. The molecule has 1 saturated heterocycles. The highest BCUT2D eigenvalue weighted by molar-refractivity contribution is 7.09. The average Bonchev–Trinajstić information content (AvgIpc) is 3.01. The lowest BCUT2D eigenvalue weighted by Crippen LogP contribution is -2.24. The van der Waals surface area contributed by atoms with Crippen molar-refractivity contribution in [3.05, 3.63) is 27.4 Å². The highest BCUT2D eigenvalue weighted by Gasteiger charge is 2.30. The zero-order chi connectivity index (χ0) is 13.4. The van der Waals surface area contributed by atoms with Gasteiger partial charge in [0.05, 0.1) is 16.7 Å². The number of nitrogens with zero attached hydrogens (tertiary/aromatic N) is 4. The minimum Gasteiger partial charge on any atom is -0.382 e. The Morgan fingerprint density at radius 3 is 3.05 bits per heavy atom. The fourth-order valence-corrected chi connectivity index (χ4v) is 3.30. The van der Waals surface area contributed by atoms with E-state index in [2.05, 4.69) is 25.2 Å². The molecule has 0 bridgehead atoms. The minimum absolute atomic E-state index is 0.233. The van der Waals surface area contributed by atoms with Crippen LogP contribution in [-0.2, 0) is 0 Å². The molecule has 100 valence electrons. The number of hydrogen-bond acceptors (Lipinski definition) is 6. The van der Waals surface area contributed by atoms with Crippen LogP contribution in [0.25, 0.3) is 0 Å². The van der Waals surface area contributed by atoms with Crippen molar-refractivity contribution >= 4 is 34.6 Å². The SMILES string of the molecule is Cc1nc([C@H]2CCCN2c2ncnc(N)c2Cl)cs1. The Hall–Kier alpha value is -1.40. The number of anilines is 2. The van der Waals surface area contributed by atoms with Gasteiger partial charge in [-0.25, -0.2) is 15.0 Å². The maximum atomic E-state index is 6.22. The number of thiazole rings is 1. The van der Waals surface area contributed by atoms with Crippen LogP contribution in [0.2, 0.25) is 5.02 Å². The Labute approximate surface area is 120 Å². The van der Waals surface area contributed by atoms with Gasteiger partial charge in [-0.15, -0.1) is 11.3 Å². The van der Waals surface area contributed by atoms with Crippen molar-refractivity contribution in [3.8, 4) is 0 Å². The Balaban J connectivity index is 1.97.